The molecule has 0 heterocycles. The first-order valence-corrected chi connectivity index (χ1v) is 15.0. The van der Waals surface area contributed by atoms with Crippen LogP contribution < -0.4 is 9.47 Å². The summed E-state index contributed by atoms with van der Waals surface area (Å²) in [5, 5.41) is 1.42. The van der Waals surface area contributed by atoms with Crippen LogP contribution in [0.5, 0.6) is 11.5 Å². The van der Waals surface area contributed by atoms with Gasteiger partial charge in [0.2, 0.25) is 0 Å². The van der Waals surface area contributed by atoms with Crippen LogP contribution in [-0.2, 0) is 4.79 Å². The lowest BCUT2D eigenvalue weighted by molar-refractivity contribution is -0.133. The highest BCUT2D eigenvalue weighted by atomic mass is 35.5. The fourth-order valence-electron chi connectivity index (χ4n) is 8.32. The zero-order valence-electron chi connectivity index (χ0n) is 23.1. The molecule has 0 bridgehead atoms. The smallest absolute Gasteiger partial charge is 0.147 e. The predicted octanol–water partition coefficient (Wildman–Crippen LogP) is 9.20. The minimum atomic E-state index is -0.452. The molecule has 0 aliphatic heterocycles. The molecule has 7 rings (SSSR count). The van der Waals surface area contributed by atoms with Gasteiger partial charge in [0.25, 0.3) is 0 Å². The maximum Gasteiger partial charge on any atom is 0.147 e. The van der Waals surface area contributed by atoms with Crippen LogP contribution in [-0.4, -0.2) is 20.0 Å². The van der Waals surface area contributed by atoms with Crippen molar-refractivity contribution in [1.82, 2.24) is 0 Å². The van der Waals surface area contributed by atoms with Gasteiger partial charge < -0.3 is 9.47 Å². The number of halogens is 2. The summed E-state index contributed by atoms with van der Waals surface area (Å²) in [6.45, 7) is 0. The van der Waals surface area contributed by atoms with Crippen molar-refractivity contribution in [2.75, 3.05) is 14.2 Å². The Kier molecular flexibility index (Phi) is 6.44. The summed E-state index contributed by atoms with van der Waals surface area (Å²) in [5.74, 6) is 2.51. The van der Waals surface area contributed by atoms with E-state index >= 15 is 4.79 Å². The topological polar surface area (TPSA) is 35.5 Å². The average molecular weight is 584 g/mol. The lowest BCUT2D eigenvalue weighted by Crippen LogP contribution is -2.35. The van der Waals surface area contributed by atoms with Crippen LogP contribution in [0.1, 0.15) is 65.2 Å². The number of hydrogen-bond acceptors (Lipinski definition) is 3. The van der Waals surface area contributed by atoms with Gasteiger partial charge in [0, 0.05) is 44.5 Å². The number of carbonyl (C=O) groups excluding carboxylic acids is 1. The van der Waals surface area contributed by atoms with Crippen LogP contribution in [0.2, 0.25) is 10.0 Å². The van der Waals surface area contributed by atoms with Gasteiger partial charge in [-0.1, -0.05) is 78.2 Å². The normalized spacial score (nSPS) is 29.9. The molecule has 6 unspecified atom stereocenters. The van der Waals surface area contributed by atoms with Gasteiger partial charge in [-0.2, -0.15) is 0 Å². The van der Waals surface area contributed by atoms with Crippen molar-refractivity contribution < 1.29 is 14.3 Å². The van der Waals surface area contributed by atoms with Crippen molar-refractivity contribution in [2.45, 2.75) is 42.9 Å². The highest BCUT2D eigenvalue weighted by Gasteiger charge is 2.81. The van der Waals surface area contributed by atoms with Crippen LogP contribution in [0.3, 0.4) is 0 Å². The van der Waals surface area contributed by atoms with E-state index in [0.717, 1.165) is 30.8 Å². The van der Waals surface area contributed by atoms with Crippen molar-refractivity contribution in [2.24, 2.45) is 10.8 Å². The minimum absolute atomic E-state index is 0.112. The predicted molar refractivity (Wildman–Crippen MR) is 164 cm³/mol. The Hall–Kier alpha value is -3.27. The Morgan fingerprint density at radius 2 is 0.829 bits per heavy atom. The number of ketones is 1. The standard InChI is InChI=1S/C36H32Cl2O3/c1-40-28-16-8-24(9-17-28)32-30(22-4-12-26(37)13-5-22)35(32)20-3-21-36(34(35)39)31(23-6-14-27(38)15-7-23)33(36)25-10-18-29(41-2)19-11-25/h4-19,30-33H,3,20-21H2,1-2H3. The highest BCUT2D eigenvalue weighted by Crippen LogP contribution is 2.84. The zero-order valence-corrected chi connectivity index (χ0v) is 24.7. The molecule has 4 aromatic carbocycles. The summed E-state index contributed by atoms with van der Waals surface area (Å²) in [6, 6.07) is 32.8. The maximum atomic E-state index is 15.3. The van der Waals surface area contributed by atoms with Gasteiger partial charge in [-0.05, 0) is 83.6 Å². The first-order chi connectivity index (χ1) is 19.9. The van der Waals surface area contributed by atoms with Crippen LogP contribution in [0.15, 0.2) is 97.1 Å². The van der Waals surface area contributed by atoms with Crippen LogP contribution in [0.25, 0.3) is 0 Å². The lowest BCUT2D eigenvalue weighted by Gasteiger charge is -2.32. The lowest BCUT2D eigenvalue weighted by atomic mass is 9.69. The Bertz CT molecular complexity index is 1460. The van der Waals surface area contributed by atoms with Crippen LogP contribution >= 0.6 is 23.2 Å². The molecule has 41 heavy (non-hydrogen) atoms. The van der Waals surface area contributed by atoms with E-state index in [2.05, 4.69) is 48.5 Å². The highest BCUT2D eigenvalue weighted by molar-refractivity contribution is 6.30. The van der Waals surface area contributed by atoms with Crippen LogP contribution in [0, 0.1) is 10.8 Å². The number of rotatable bonds is 6. The second-order valence-electron chi connectivity index (χ2n) is 11.8. The van der Waals surface area contributed by atoms with E-state index in [1.54, 1.807) is 14.2 Å². The monoisotopic (exact) mass is 582 g/mol. The molecular formula is C36H32Cl2O3. The number of Topliss-reactive ketones (excluding diaryl/α,β-unsaturated/α-hetero) is 1. The van der Waals surface area contributed by atoms with Gasteiger partial charge >= 0.3 is 0 Å². The number of methoxy groups -OCH3 is 2. The van der Waals surface area contributed by atoms with Crippen molar-refractivity contribution >= 4 is 29.0 Å². The summed E-state index contributed by atoms with van der Waals surface area (Å²) in [5.41, 5.74) is 3.86. The van der Waals surface area contributed by atoms with E-state index < -0.39 is 10.8 Å². The molecule has 0 radical (unpaired) electrons. The second-order valence-corrected chi connectivity index (χ2v) is 12.7. The largest absolute Gasteiger partial charge is 0.497 e. The molecule has 4 aromatic rings. The molecule has 0 amide bonds. The van der Waals surface area contributed by atoms with E-state index in [4.69, 9.17) is 32.7 Å². The molecule has 3 fully saturated rings. The fraction of sp³-hybridized carbons (Fsp3) is 0.306. The third-order valence-corrected chi connectivity index (χ3v) is 10.6. The van der Waals surface area contributed by atoms with Crippen LogP contribution in [0.4, 0.5) is 0 Å². The molecule has 0 saturated heterocycles. The third-order valence-electron chi connectivity index (χ3n) is 10.1. The first-order valence-electron chi connectivity index (χ1n) is 14.3. The third kappa shape index (κ3) is 4.04. The molecule has 0 aromatic heterocycles. The summed E-state index contributed by atoms with van der Waals surface area (Å²) >= 11 is 12.6. The van der Waals surface area contributed by atoms with E-state index in [9.17, 15) is 0 Å². The average Bonchev–Trinajstić information content (AvgIpc) is 3.88. The first kappa shape index (κ1) is 26.6. The van der Waals surface area contributed by atoms with Gasteiger partial charge in [-0.25, -0.2) is 0 Å². The summed E-state index contributed by atoms with van der Waals surface area (Å²) in [4.78, 5) is 15.3. The molecular weight excluding hydrogens is 551 g/mol. The van der Waals surface area contributed by atoms with Gasteiger partial charge in [-0.3, -0.25) is 4.79 Å². The Morgan fingerprint density at radius 1 is 0.537 bits per heavy atom. The molecule has 208 valence electrons. The fourth-order valence-corrected chi connectivity index (χ4v) is 8.57. The number of benzene rings is 4. The summed E-state index contributed by atoms with van der Waals surface area (Å²) in [7, 11) is 3.36. The molecule has 6 atom stereocenters. The molecule has 3 saturated carbocycles. The summed E-state index contributed by atoms with van der Waals surface area (Å²) < 4.78 is 10.9. The van der Waals surface area contributed by atoms with E-state index in [0.29, 0.717) is 15.8 Å². The number of carbonyl (C=O) groups is 1. The molecule has 3 aliphatic carbocycles. The van der Waals surface area contributed by atoms with E-state index in [1.807, 2.05) is 48.5 Å². The number of hydrogen-bond donors (Lipinski definition) is 0. The molecule has 5 heteroatoms. The van der Waals surface area contributed by atoms with Gasteiger partial charge in [0.1, 0.15) is 17.3 Å². The SMILES string of the molecule is COc1ccc(C2C(c3ccc(Cl)cc3)C23CCCC2(C3=O)C(c3ccc(Cl)cc3)C2c2ccc(OC)cc2)cc1. The zero-order chi connectivity index (χ0) is 28.4. The van der Waals surface area contributed by atoms with Gasteiger partial charge in [0.05, 0.1) is 14.2 Å². The van der Waals surface area contributed by atoms with Crippen molar-refractivity contribution in [1.29, 1.82) is 0 Å². The maximum absolute atomic E-state index is 15.3. The quantitative estimate of drug-likeness (QED) is 0.227. The Balaban J connectivity index is 1.34. The molecule has 0 N–H and O–H groups in total. The van der Waals surface area contributed by atoms with Crippen molar-refractivity contribution in [3.8, 4) is 11.5 Å². The van der Waals surface area contributed by atoms with E-state index in [1.165, 1.54) is 22.3 Å². The molecule has 3 aliphatic rings. The Morgan fingerprint density at radius 3 is 1.12 bits per heavy atom. The summed E-state index contributed by atoms with van der Waals surface area (Å²) in [6.07, 6.45) is 2.79. The van der Waals surface area contributed by atoms with Gasteiger partial charge in [0.15, 0.2) is 0 Å². The van der Waals surface area contributed by atoms with Crippen molar-refractivity contribution in [3.63, 3.8) is 0 Å². The Labute approximate surface area is 251 Å². The second kappa shape index (κ2) is 9.93. The number of ether oxygens (including phenoxy) is 2. The molecule has 2 spiro atoms. The minimum Gasteiger partial charge on any atom is -0.497 e. The molecule has 3 nitrogen and oxygen atoms in total. The van der Waals surface area contributed by atoms with Crippen molar-refractivity contribution in [3.05, 3.63) is 129 Å². The van der Waals surface area contributed by atoms with Gasteiger partial charge in [-0.15, -0.1) is 0 Å². The van der Waals surface area contributed by atoms with E-state index in [-0.39, 0.29) is 23.7 Å².